The number of aromatic nitrogens is 3. The van der Waals surface area contributed by atoms with Crippen LogP contribution in [0.3, 0.4) is 0 Å². The summed E-state index contributed by atoms with van der Waals surface area (Å²) in [5.41, 5.74) is 1.12. The maximum atomic E-state index is 12.8. The molecule has 5 aliphatic rings. The number of fused-ring (bicyclic) bond motifs is 2. The van der Waals surface area contributed by atoms with Crippen LogP contribution < -0.4 is 5.32 Å². The monoisotopic (exact) mass is 393 g/mol. The van der Waals surface area contributed by atoms with Gasteiger partial charge in [-0.15, -0.1) is 0 Å². The van der Waals surface area contributed by atoms with Crippen molar-refractivity contribution in [2.45, 2.75) is 56.0 Å². The average Bonchev–Trinajstić information content (AvgIpc) is 3.65. The Labute approximate surface area is 167 Å². The van der Waals surface area contributed by atoms with Crippen molar-refractivity contribution in [2.24, 2.45) is 11.3 Å². The number of imidazole rings is 1. The van der Waals surface area contributed by atoms with Gasteiger partial charge < -0.3 is 19.3 Å². The fourth-order valence-electron chi connectivity index (χ4n) is 5.59. The van der Waals surface area contributed by atoms with Crippen LogP contribution in [0, 0.1) is 11.3 Å². The quantitative estimate of drug-likeness (QED) is 0.857. The molecule has 2 aromatic rings. The lowest BCUT2D eigenvalue weighted by molar-refractivity contribution is -0.144. The third-order valence-electron chi connectivity index (χ3n) is 7.79. The highest BCUT2D eigenvalue weighted by Crippen LogP contribution is 2.71. The maximum Gasteiger partial charge on any atom is 0.290 e. The fourth-order valence-corrected chi connectivity index (χ4v) is 5.59. The minimum atomic E-state index is -0.248. The summed E-state index contributed by atoms with van der Waals surface area (Å²) in [5, 5.41) is 7.11. The molecule has 2 aromatic heterocycles. The van der Waals surface area contributed by atoms with Crippen molar-refractivity contribution < 1.29 is 14.1 Å². The first-order valence-corrected chi connectivity index (χ1v) is 10.7. The Morgan fingerprint density at radius 1 is 1.21 bits per heavy atom. The number of likely N-dealkylation sites (tertiary alicyclic amines) is 1. The van der Waals surface area contributed by atoms with Crippen LogP contribution in [0.2, 0.25) is 0 Å². The van der Waals surface area contributed by atoms with Crippen LogP contribution in [0.5, 0.6) is 0 Å². The Balaban J connectivity index is 1.06. The van der Waals surface area contributed by atoms with E-state index in [1.54, 1.807) is 12.3 Å². The zero-order valence-corrected chi connectivity index (χ0v) is 16.1. The highest BCUT2D eigenvalue weighted by atomic mass is 16.5. The van der Waals surface area contributed by atoms with E-state index in [1.165, 1.54) is 12.8 Å². The van der Waals surface area contributed by atoms with Crippen molar-refractivity contribution in [3.05, 3.63) is 35.7 Å². The summed E-state index contributed by atoms with van der Waals surface area (Å²) < 4.78 is 7.43. The van der Waals surface area contributed by atoms with Crippen LogP contribution in [0.4, 0.5) is 0 Å². The van der Waals surface area contributed by atoms with Gasteiger partial charge in [0.25, 0.3) is 5.91 Å². The van der Waals surface area contributed by atoms with Gasteiger partial charge in [0.05, 0.1) is 17.3 Å². The number of carbonyl (C=O) groups excluding carboxylic acids is 2. The Morgan fingerprint density at radius 2 is 2.03 bits per heavy atom. The Bertz CT molecular complexity index is 1040. The molecule has 4 fully saturated rings. The third-order valence-corrected chi connectivity index (χ3v) is 7.79. The molecule has 3 aliphatic carbocycles. The largest absolute Gasteiger partial charge is 0.351 e. The second kappa shape index (κ2) is 5.09. The number of nitrogens with one attached hydrogen (secondary N) is 1. The molecule has 0 bridgehead atoms. The van der Waals surface area contributed by atoms with Gasteiger partial charge in [-0.3, -0.25) is 9.59 Å². The molecule has 2 amide bonds. The normalized spacial score (nSPS) is 29.6. The minimum Gasteiger partial charge on any atom is -0.351 e. The van der Waals surface area contributed by atoms with E-state index in [2.05, 4.69) is 20.0 Å². The molecule has 2 unspecified atom stereocenters. The second-order valence-electron chi connectivity index (χ2n) is 9.81. The lowest BCUT2D eigenvalue weighted by Crippen LogP contribution is -2.63. The minimum absolute atomic E-state index is 0.147. The van der Waals surface area contributed by atoms with Gasteiger partial charge in [0.15, 0.2) is 0 Å². The lowest BCUT2D eigenvalue weighted by atomic mass is 9.85. The molecule has 1 saturated heterocycles. The van der Waals surface area contributed by atoms with Gasteiger partial charge in [-0.2, -0.15) is 0 Å². The molecular formula is C21H23N5O3. The summed E-state index contributed by atoms with van der Waals surface area (Å²) in [6, 6.07) is 1.58. The number of nitrogens with zero attached hydrogens (tertiary/aromatic N) is 4. The van der Waals surface area contributed by atoms with Crippen LogP contribution in [0.15, 0.2) is 23.0 Å². The van der Waals surface area contributed by atoms with E-state index in [0.29, 0.717) is 30.3 Å². The Kier molecular flexibility index (Phi) is 2.84. The summed E-state index contributed by atoms with van der Waals surface area (Å²) >= 11 is 0. The van der Waals surface area contributed by atoms with Gasteiger partial charge in [0.1, 0.15) is 5.82 Å². The van der Waals surface area contributed by atoms with E-state index in [1.807, 2.05) is 11.1 Å². The number of hydrogen-bond donors (Lipinski definition) is 1. The Hall–Kier alpha value is -2.64. The first-order chi connectivity index (χ1) is 14.1. The van der Waals surface area contributed by atoms with Crippen molar-refractivity contribution in [1.29, 1.82) is 0 Å². The van der Waals surface area contributed by atoms with Crippen molar-refractivity contribution in [3.63, 3.8) is 0 Å². The predicted octanol–water partition coefficient (Wildman–Crippen LogP) is 1.96. The molecule has 8 nitrogen and oxygen atoms in total. The molecule has 29 heavy (non-hydrogen) atoms. The van der Waals surface area contributed by atoms with Gasteiger partial charge in [-0.1, -0.05) is 5.16 Å². The van der Waals surface area contributed by atoms with Crippen LogP contribution in [0.25, 0.3) is 0 Å². The highest BCUT2D eigenvalue weighted by Gasteiger charge is 2.68. The molecular weight excluding hydrogens is 370 g/mol. The second-order valence-corrected chi connectivity index (χ2v) is 9.81. The molecule has 0 aromatic carbocycles. The number of hydrogen-bond acceptors (Lipinski definition) is 5. The summed E-state index contributed by atoms with van der Waals surface area (Å²) in [4.78, 5) is 32.0. The number of carbonyl (C=O) groups is 2. The van der Waals surface area contributed by atoms with Crippen LogP contribution in [-0.4, -0.2) is 44.5 Å². The van der Waals surface area contributed by atoms with E-state index < -0.39 is 0 Å². The first kappa shape index (κ1) is 16.2. The topological polar surface area (TPSA) is 93.3 Å². The van der Waals surface area contributed by atoms with E-state index in [0.717, 1.165) is 37.2 Å². The van der Waals surface area contributed by atoms with Gasteiger partial charge in [-0.05, 0) is 37.5 Å². The summed E-state index contributed by atoms with van der Waals surface area (Å²) in [6.45, 7) is 1.42. The van der Waals surface area contributed by atoms with E-state index in [4.69, 9.17) is 4.52 Å². The number of amides is 2. The zero-order chi connectivity index (χ0) is 19.4. The van der Waals surface area contributed by atoms with E-state index in [9.17, 15) is 9.59 Å². The van der Waals surface area contributed by atoms with Crippen molar-refractivity contribution in [3.8, 4) is 0 Å². The average molecular weight is 393 g/mol. The van der Waals surface area contributed by atoms with Gasteiger partial charge in [0.2, 0.25) is 11.7 Å². The standard InChI is InChI=1S/C21H23N5O3/c27-18(16-7-14(24-29-16)12-1-2-12)23-15-9-21(26-6-5-22-17(15)26)10-25(11-21)19(28)13-8-20(13)3-4-20/h5-7,12-13,15H,1-4,8-11H2,(H,23,27). The molecule has 7 rings (SSSR count). The van der Waals surface area contributed by atoms with Crippen molar-refractivity contribution >= 4 is 11.8 Å². The Morgan fingerprint density at radius 3 is 2.76 bits per heavy atom. The predicted molar refractivity (Wildman–Crippen MR) is 99.9 cm³/mol. The smallest absolute Gasteiger partial charge is 0.290 e. The molecule has 150 valence electrons. The lowest BCUT2D eigenvalue weighted by Gasteiger charge is -2.49. The molecule has 3 saturated carbocycles. The highest BCUT2D eigenvalue weighted by molar-refractivity contribution is 5.91. The van der Waals surface area contributed by atoms with Gasteiger partial charge in [-0.25, -0.2) is 4.98 Å². The van der Waals surface area contributed by atoms with Crippen molar-refractivity contribution in [1.82, 2.24) is 24.9 Å². The third kappa shape index (κ3) is 2.25. The van der Waals surface area contributed by atoms with Crippen LogP contribution in [-0.2, 0) is 10.3 Å². The van der Waals surface area contributed by atoms with E-state index in [-0.39, 0.29) is 29.2 Å². The van der Waals surface area contributed by atoms with Crippen LogP contribution >= 0.6 is 0 Å². The molecule has 2 aliphatic heterocycles. The zero-order valence-electron chi connectivity index (χ0n) is 16.1. The SMILES string of the molecule is O=C(NC1CC2(CN(C(=O)C3CC34CC4)C2)n2ccnc21)c1cc(C2CC2)no1. The maximum absolute atomic E-state index is 12.8. The molecule has 8 heteroatoms. The fraction of sp³-hybridized carbons (Fsp3) is 0.619. The summed E-state index contributed by atoms with van der Waals surface area (Å²) in [6.07, 6.45) is 10.3. The van der Waals surface area contributed by atoms with Crippen molar-refractivity contribution in [2.75, 3.05) is 13.1 Å². The summed E-state index contributed by atoms with van der Waals surface area (Å²) in [5.74, 6) is 1.93. The number of rotatable bonds is 4. The molecule has 2 atom stereocenters. The molecule has 0 radical (unpaired) electrons. The first-order valence-electron chi connectivity index (χ1n) is 10.7. The molecule has 4 heterocycles. The van der Waals surface area contributed by atoms with Gasteiger partial charge in [0, 0.05) is 49.8 Å². The van der Waals surface area contributed by atoms with Crippen LogP contribution in [0.1, 0.15) is 72.6 Å². The molecule has 2 spiro atoms. The molecule has 1 N–H and O–H groups in total. The summed E-state index contributed by atoms with van der Waals surface area (Å²) in [7, 11) is 0. The van der Waals surface area contributed by atoms with Gasteiger partial charge >= 0.3 is 0 Å². The van der Waals surface area contributed by atoms with E-state index >= 15 is 0 Å².